The molecule has 0 aliphatic carbocycles. The molecular weight excluding hydrogens is 470 g/mol. The van der Waals surface area contributed by atoms with E-state index in [1.54, 1.807) is 19.9 Å². The number of pyridine rings is 1. The quantitative estimate of drug-likeness (QED) is 0.267. The predicted octanol–water partition coefficient (Wildman–Crippen LogP) is 2.25. The molecule has 11 heteroatoms. The van der Waals surface area contributed by atoms with Crippen LogP contribution < -0.4 is 11.3 Å². The van der Waals surface area contributed by atoms with Crippen LogP contribution in [0.1, 0.15) is 60.0 Å². The SMILES string of the molecule is C=C(C)/C(=C(/C)NN)N1C(=O)c2c(C(C)C)nc3ccc(S(=O)(=O)N4CCOCC4)cc3c2C1=O. The first-order valence-electron chi connectivity index (χ1n) is 11.3. The number of ether oxygens (including phenoxy) is 1. The van der Waals surface area contributed by atoms with Crippen LogP contribution in [0.15, 0.2) is 46.6 Å². The molecule has 0 spiro atoms. The summed E-state index contributed by atoms with van der Waals surface area (Å²) >= 11 is 0. The third-order valence-corrected chi connectivity index (χ3v) is 8.07. The number of morpholine rings is 1. The van der Waals surface area contributed by atoms with Crippen molar-refractivity contribution in [2.24, 2.45) is 5.84 Å². The fraction of sp³-hybridized carbons (Fsp3) is 0.375. The van der Waals surface area contributed by atoms with Gasteiger partial charge in [-0.3, -0.25) is 20.4 Å². The van der Waals surface area contributed by atoms with Crippen LogP contribution in [-0.2, 0) is 14.8 Å². The predicted molar refractivity (Wildman–Crippen MR) is 131 cm³/mol. The molecule has 10 nitrogen and oxygen atoms in total. The molecule has 1 aromatic heterocycles. The molecule has 0 saturated carbocycles. The lowest BCUT2D eigenvalue weighted by Gasteiger charge is -2.26. The van der Waals surface area contributed by atoms with E-state index in [9.17, 15) is 18.0 Å². The average Bonchev–Trinajstić information content (AvgIpc) is 3.09. The number of carbonyl (C=O) groups is 2. The number of amides is 2. The van der Waals surface area contributed by atoms with E-state index in [1.165, 1.54) is 16.4 Å². The minimum absolute atomic E-state index is 0.0300. The Kier molecular flexibility index (Phi) is 6.54. The number of sulfonamides is 1. The highest BCUT2D eigenvalue weighted by Crippen LogP contribution is 2.38. The minimum atomic E-state index is -3.82. The van der Waals surface area contributed by atoms with E-state index in [1.807, 2.05) is 13.8 Å². The van der Waals surface area contributed by atoms with Crippen molar-refractivity contribution in [1.29, 1.82) is 0 Å². The number of nitrogens with zero attached hydrogens (tertiary/aromatic N) is 3. The van der Waals surface area contributed by atoms with Crippen LogP contribution in [0.25, 0.3) is 10.9 Å². The standard InChI is InChI=1S/C24H29N5O5S/c1-13(2)21-20-19(23(30)29(24(20)31)22(14(3)4)15(5)27-25)17-12-16(6-7-18(17)26-21)35(32,33)28-8-10-34-11-9-28/h6-7,12-13,27H,3,8-11,25H2,1-2,4-5H3/b22-15+. The number of aromatic nitrogens is 1. The van der Waals surface area contributed by atoms with Crippen molar-refractivity contribution < 1.29 is 22.7 Å². The average molecular weight is 500 g/mol. The van der Waals surface area contributed by atoms with Crippen LogP contribution >= 0.6 is 0 Å². The van der Waals surface area contributed by atoms with Crippen molar-refractivity contribution in [3.63, 3.8) is 0 Å². The van der Waals surface area contributed by atoms with E-state index < -0.39 is 21.8 Å². The van der Waals surface area contributed by atoms with Crippen LogP contribution in [0, 0.1) is 0 Å². The molecule has 0 atom stereocenters. The number of nitrogens with two attached hydrogens (primary N) is 1. The molecule has 1 aromatic carbocycles. The van der Waals surface area contributed by atoms with Gasteiger partial charge in [-0.1, -0.05) is 20.4 Å². The van der Waals surface area contributed by atoms with Crippen molar-refractivity contribution in [3.8, 4) is 0 Å². The lowest BCUT2D eigenvalue weighted by atomic mass is 9.97. The molecule has 1 saturated heterocycles. The van der Waals surface area contributed by atoms with Gasteiger partial charge < -0.3 is 10.2 Å². The van der Waals surface area contributed by atoms with Crippen molar-refractivity contribution in [1.82, 2.24) is 19.6 Å². The lowest BCUT2D eigenvalue weighted by Crippen LogP contribution is -2.40. The van der Waals surface area contributed by atoms with Gasteiger partial charge in [-0.15, -0.1) is 0 Å². The summed E-state index contributed by atoms with van der Waals surface area (Å²) in [4.78, 5) is 33.2. The van der Waals surface area contributed by atoms with E-state index >= 15 is 0 Å². The van der Waals surface area contributed by atoms with Gasteiger partial charge in [0.05, 0.1) is 46.1 Å². The third-order valence-electron chi connectivity index (χ3n) is 6.17. The molecule has 0 radical (unpaired) electrons. The second kappa shape index (κ2) is 9.15. The molecule has 186 valence electrons. The maximum Gasteiger partial charge on any atom is 0.268 e. The highest BCUT2D eigenvalue weighted by atomic mass is 32.2. The molecule has 2 aromatic rings. The summed E-state index contributed by atoms with van der Waals surface area (Å²) in [5, 5.41) is 0.305. The number of hydrogen-bond donors (Lipinski definition) is 2. The Labute approximate surface area is 204 Å². The summed E-state index contributed by atoms with van der Waals surface area (Å²) in [7, 11) is -3.82. The minimum Gasteiger partial charge on any atom is -0.379 e. The number of allylic oxidation sites excluding steroid dienone is 2. The van der Waals surface area contributed by atoms with E-state index in [0.29, 0.717) is 41.1 Å². The van der Waals surface area contributed by atoms with Crippen molar-refractivity contribution in [3.05, 3.63) is 58.6 Å². The highest BCUT2D eigenvalue weighted by molar-refractivity contribution is 7.89. The fourth-order valence-electron chi connectivity index (χ4n) is 4.48. The molecule has 35 heavy (non-hydrogen) atoms. The number of carbonyl (C=O) groups excluding carboxylic acids is 2. The Morgan fingerprint density at radius 2 is 1.77 bits per heavy atom. The van der Waals surface area contributed by atoms with Gasteiger partial charge in [0.15, 0.2) is 0 Å². The molecule has 4 rings (SSSR count). The summed E-state index contributed by atoms with van der Waals surface area (Å²) in [6.45, 7) is 12.1. The number of imide groups is 1. The van der Waals surface area contributed by atoms with Crippen LogP contribution in [0.3, 0.4) is 0 Å². The Bertz CT molecular complexity index is 1390. The van der Waals surface area contributed by atoms with Gasteiger partial charge in [0.2, 0.25) is 10.0 Å². The summed E-state index contributed by atoms with van der Waals surface area (Å²) < 4.78 is 33.2. The summed E-state index contributed by atoms with van der Waals surface area (Å²) in [5.41, 5.74) is 4.82. The molecule has 0 unspecified atom stereocenters. The molecule has 3 N–H and O–H groups in total. The second-order valence-electron chi connectivity index (χ2n) is 8.94. The monoisotopic (exact) mass is 499 g/mol. The number of benzene rings is 1. The Morgan fingerprint density at radius 3 is 2.34 bits per heavy atom. The van der Waals surface area contributed by atoms with Crippen LogP contribution in [-0.4, -0.2) is 60.7 Å². The van der Waals surface area contributed by atoms with Crippen LogP contribution in [0.4, 0.5) is 0 Å². The second-order valence-corrected chi connectivity index (χ2v) is 10.9. The van der Waals surface area contributed by atoms with Crippen molar-refractivity contribution >= 4 is 32.7 Å². The number of nitrogens with one attached hydrogen (secondary N) is 1. The van der Waals surface area contributed by atoms with Crippen molar-refractivity contribution in [2.75, 3.05) is 26.3 Å². The van der Waals surface area contributed by atoms with Gasteiger partial charge in [0, 0.05) is 24.2 Å². The smallest absolute Gasteiger partial charge is 0.268 e. The van der Waals surface area contributed by atoms with E-state index in [-0.39, 0.29) is 40.7 Å². The Morgan fingerprint density at radius 1 is 1.14 bits per heavy atom. The van der Waals surface area contributed by atoms with E-state index in [0.717, 1.165) is 4.90 Å². The molecule has 0 bridgehead atoms. The summed E-state index contributed by atoms with van der Waals surface area (Å²) in [6, 6.07) is 4.50. The number of rotatable bonds is 6. The Balaban J connectivity index is 1.97. The molecule has 2 aliphatic heterocycles. The lowest BCUT2D eigenvalue weighted by molar-refractivity contribution is 0.0705. The van der Waals surface area contributed by atoms with E-state index in [4.69, 9.17) is 10.6 Å². The maximum atomic E-state index is 13.8. The molecule has 1 fully saturated rings. The van der Waals surface area contributed by atoms with Gasteiger partial charge in [-0.25, -0.2) is 13.3 Å². The first-order chi connectivity index (χ1) is 16.5. The van der Waals surface area contributed by atoms with Crippen LogP contribution in [0.2, 0.25) is 0 Å². The normalized spacial score (nSPS) is 17.7. The number of fused-ring (bicyclic) bond motifs is 3. The zero-order valence-corrected chi connectivity index (χ0v) is 21.0. The third kappa shape index (κ3) is 4.04. The van der Waals surface area contributed by atoms with Gasteiger partial charge in [-0.2, -0.15) is 4.31 Å². The summed E-state index contributed by atoms with van der Waals surface area (Å²) in [5.74, 6) is 4.31. The van der Waals surface area contributed by atoms with Gasteiger partial charge in [0.1, 0.15) is 0 Å². The summed E-state index contributed by atoms with van der Waals surface area (Å²) in [6.07, 6.45) is 0. The first kappa shape index (κ1) is 25.0. The molecule has 3 heterocycles. The van der Waals surface area contributed by atoms with Crippen LogP contribution in [0.5, 0.6) is 0 Å². The van der Waals surface area contributed by atoms with Gasteiger partial charge in [-0.05, 0) is 43.5 Å². The van der Waals surface area contributed by atoms with E-state index in [2.05, 4.69) is 17.0 Å². The van der Waals surface area contributed by atoms with Gasteiger partial charge in [0.25, 0.3) is 11.8 Å². The fourth-order valence-corrected chi connectivity index (χ4v) is 5.91. The largest absolute Gasteiger partial charge is 0.379 e. The topological polar surface area (TPSA) is 135 Å². The molecular formula is C24H29N5O5S. The first-order valence-corrected chi connectivity index (χ1v) is 12.7. The highest BCUT2D eigenvalue weighted by Gasteiger charge is 2.43. The zero-order valence-electron chi connectivity index (χ0n) is 20.2. The van der Waals surface area contributed by atoms with Crippen molar-refractivity contribution in [2.45, 2.75) is 38.5 Å². The van der Waals surface area contributed by atoms with Gasteiger partial charge >= 0.3 is 0 Å². The molecule has 2 amide bonds. The number of hydrogen-bond acceptors (Lipinski definition) is 8. The Hall–Kier alpha value is -3.12. The maximum absolute atomic E-state index is 13.8. The zero-order chi connectivity index (χ0) is 25.7. The number of hydrazine groups is 1. The molecule has 2 aliphatic rings.